The highest BCUT2D eigenvalue weighted by Crippen LogP contribution is 2.35. The Balaban J connectivity index is 1.54. The van der Waals surface area contributed by atoms with E-state index in [1.807, 2.05) is 24.3 Å². The largest absolute Gasteiger partial charge is 0.331 e. The Kier molecular flexibility index (Phi) is 5.27. The van der Waals surface area contributed by atoms with Gasteiger partial charge in [0.1, 0.15) is 5.00 Å². The molecule has 2 N–H and O–H groups in total. The summed E-state index contributed by atoms with van der Waals surface area (Å²) in [5, 5.41) is 7.42. The molecule has 0 aliphatic heterocycles. The first-order valence-corrected chi connectivity index (χ1v) is 10.8. The molecule has 2 aromatic heterocycles. The second kappa shape index (κ2) is 7.84. The number of amides is 2. The molecule has 0 bridgehead atoms. The van der Waals surface area contributed by atoms with Crippen LogP contribution in [0.5, 0.6) is 0 Å². The molecule has 5 heteroatoms. The van der Waals surface area contributed by atoms with Gasteiger partial charge >= 0.3 is 6.03 Å². The van der Waals surface area contributed by atoms with Crippen molar-refractivity contribution in [3.63, 3.8) is 0 Å². The average Bonchev–Trinajstić information content (AvgIpc) is 3.31. The minimum absolute atomic E-state index is 0.0816. The Labute approximate surface area is 170 Å². The fourth-order valence-corrected chi connectivity index (χ4v) is 5.34. The topological polar surface area (TPSA) is 46.1 Å². The number of rotatable bonds is 4. The van der Waals surface area contributed by atoms with E-state index in [2.05, 4.69) is 54.4 Å². The Bertz CT molecular complexity index is 988. The van der Waals surface area contributed by atoms with E-state index >= 15 is 0 Å². The van der Waals surface area contributed by atoms with E-state index < -0.39 is 0 Å². The minimum atomic E-state index is -0.145. The van der Waals surface area contributed by atoms with Crippen LogP contribution in [0.3, 0.4) is 0 Å². The number of aryl methyl sites for hydroxylation is 2. The van der Waals surface area contributed by atoms with Crippen molar-refractivity contribution < 1.29 is 4.79 Å². The molecule has 28 heavy (non-hydrogen) atoms. The number of carbonyl (C=O) groups is 1. The van der Waals surface area contributed by atoms with Gasteiger partial charge in [-0.2, -0.15) is 0 Å². The quantitative estimate of drug-likeness (QED) is 0.568. The first-order chi connectivity index (χ1) is 13.5. The molecule has 2 heterocycles. The summed E-state index contributed by atoms with van der Waals surface area (Å²) in [4.78, 5) is 14.1. The predicted molar refractivity (Wildman–Crippen MR) is 117 cm³/mol. The monoisotopic (exact) mass is 393 g/mol. The van der Waals surface area contributed by atoms with Gasteiger partial charge in [0.2, 0.25) is 0 Å². The standard InChI is InChI=1S/C23H27N3OS/c1-15-17(3)28-22(26-13-6-7-14-26)21(15)16(2)24-23(27)25-20-12-8-10-18-9-4-5-11-19(18)20/h6-8,10,12-14,16H,4-5,9,11H2,1-3H3,(H2,24,25,27)/t16-/m1/s1. The molecule has 2 amide bonds. The highest BCUT2D eigenvalue weighted by Gasteiger charge is 2.21. The number of aromatic nitrogens is 1. The molecular weight excluding hydrogens is 366 g/mol. The lowest BCUT2D eigenvalue weighted by atomic mass is 9.90. The van der Waals surface area contributed by atoms with Crippen LogP contribution in [-0.2, 0) is 12.8 Å². The van der Waals surface area contributed by atoms with E-state index in [1.54, 1.807) is 11.3 Å². The predicted octanol–water partition coefficient (Wildman–Crippen LogP) is 5.92. The normalized spacial score (nSPS) is 14.4. The molecule has 146 valence electrons. The number of carbonyl (C=O) groups excluding carboxylic acids is 1. The van der Waals surface area contributed by atoms with Gasteiger partial charge in [0.25, 0.3) is 0 Å². The number of anilines is 1. The SMILES string of the molecule is Cc1sc(-n2cccc2)c([C@@H](C)NC(=O)Nc2cccc3c2CCCC3)c1C. The van der Waals surface area contributed by atoms with Crippen molar-refractivity contribution in [3.8, 4) is 5.00 Å². The third kappa shape index (κ3) is 3.59. The molecule has 0 fully saturated rings. The van der Waals surface area contributed by atoms with E-state index in [9.17, 15) is 4.79 Å². The lowest BCUT2D eigenvalue weighted by molar-refractivity contribution is 0.249. The van der Waals surface area contributed by atoms with E-state index in [1.165, 1.54) is 45.0 Å². The average molecular weight is 394 g/mol. The van der Waals surface area contributed by atoms with Crippen LogP contribution >= 0.6 is 11.3 Å². The lowest BCUT2D eigenvalue weighted by Gasteiger charge is -2.21. The van der Waals surface area contributed by atoms with Gasteiger partial charge in [0, 0.05) is 28.5 Å². The van der Waals surface area contributed by atoms with Crippen molar-refractivity contribution in [2.75, 3.05) is 5.32 Å². The highest BCUT2D eigenvalue weighted by atomic mass is 32.1. The number of nitrogens with one attached hydrogen (secondary N) is 2. The summed E-state index contributed by atoms with van der Waals surface area (Å²) in [6, 6.07) is 10.1. The summed E-state index contributed by atoms with van der Waals surface area (Å²) < 4.78 is 2.13. The highest BCUT2D eigenvalue weighted by molar-refractivity contribution is 7.14. The van der Waals surface area contributed by atoms with E-state index in [0.29, 0.717) is 0 Å². The van der Waals surface area contributed by atoms with Gasteiger partial charge in [-0.25, -0.2) is 4.79 Å². The molecule has 0 saturated carbocycles. The number of thiophene rings is 1. The number of nitrogens with zero attached hydrogens (tertiary/aromatic N) is 1. The third-order valence-electron chi connectivity index (χ3n) is 5.68. The molecule has 0 unspecified atom stereocenters. The zero-order valence-electron chi connectivity index (χ0n) is 16.7. The summed E-state index contributed by atoms with van der Waals surface area (Å²) in [5.74, 6) is 0. The fourth-order valence-electron chi connectivity index (χ4n) is 4.12. The number of benzene rings is 1. The third-order valence-corrected chi connectivity index (χ3v) is 6.91. The fraction of sp³-hybridized carbons (Fsp3) is 0.348. The molecule has 1 aliphatic carbocycles. The van der Waals surface area contributed by atoms with Crippen LogP contribution < -0.4 is 10.6 Å². The smallest absolute Gasteiger partial charge is 0.319 e. The van der Waals surface area contributed by atoms with Gasteiger partial charge in [-0.3, -0.25) is 0 Å². The number of hydrogen-bond donors (Lipinski definition) is 2. The summed E-state index contributed by atoms with van der Waals surface area (Å²) in [5.41, 5.74) is 6.05. The van der Waals surface area contributed by atoms with Gasteiger partial charge in [-0.1, -0.05) is 12.1 Å². The van der Waals surface area contributed by atoms with Crippen LogP contribution in [0.1, 0.15) is 52.9 Å². The van der Waals surface area contributed by atoms with Gasteiger partial charge in [-0.15, -0.1) is 11.3 Å². The van der Waals surface area contributed by atoms with Crippen molar-refractivity contribution in [3.05, 3.63) is 69.9 Å². The van der Waals surface area contributed by atoms with Crippen LogP contribution in [0.25, 0.3) is 5.00 Å². The molecule has 3 aromatic rings. The van der Waals surface area contributed by atoms with Crippen LogP contribution in [-0.4, -0.2) is 10.6 Å². The molecule has 1 aliphatic rings. The molecule has 4 nitrogen and oxygen atoms in total. The van der Waals surface area contributed by atoms with Gasteiger partial charge in [0.15, 0.2) is 0 Å². The summed E-state index contributed by atoms with van der Waals surface area (Å²) in [6.45, 7) is 6.33. The van der Waals surface area contributed by atoms with Gasteiger partial charge in [-0.05, 0) is 81.3 Å². The maximum atomic E-state index is 12.8. The summed E-state index contributed by atoms with van der Waals surface area (Å²) in [6.07, 6.45) is 8.68. The van der Waals surface area contributed by atoms with Crippen molar-refractivity contribution in [1.29, 1.82) is 0 Å². The molecule has 1 atom stereocenters. The summed E-state index contributed by atoms with van der Waals surface area (Å²) >= 11 is 1.77. The molecule has 1 aromatic carbocycles. The van der Waals surface area contributed by atoms with E-state index in [-0.39, 0.29) is 12.1 Å². The number of hydrogen-bond acceptors (Lipinski definition) is 2. The van der Waals surface area contributed by atoms with Crippen molar-refractivity contribution in [1.82, 2.24) is 9.88 Å². The maximum Gasteiger partial charge on any atom is 0.319 e. The Morgan fingerprint density at radius 1 is 1.11 bits per heavy atom. The Morgan fingerprint density at radius 2 is 1.86 bits per heavy atom. The van der Waals surface area contributed by atoms with E-state index in [4.69, 9.17) is 0 Å². The first-order valence-electron chi connectivity index (χ1n) is 9.96. The van der Waals surface area contributed by atoms with Crippen LogP contribution in [0.2, 0.25) is 0 Å². The molecule has 0 spiro atoms. The minimum Gasteiger partial charge on any atom is -0.331 e. The zero-order valence-corrected chi connectivity index (χ0v) is 17.5. The Hall–Kier alpha value is -2.53. The van der Waals surface area contributed by atoms with Crippen molar-refractivity contribution in [2.24, 2.45) is 0 Å². The van der Waals surface area contributed by atoms with Gasteiger partial charge in [0.05, 0.1) is 6.04 Å². The second-order valence-corrected chi connectivity index (χ2v) is 8.77. The summed E-state index contributed by atoms with van der Waals surface area (Å²) in [7, 11) is 0. The van der Waals surface area contributed by atoms with Gasteiger partial charge < -0.3 is 15.2 Å². The number of fused-ring (bicyclic) bond motifs is 1. The van der Waals surface area contributed by atoms with Crippen molar-refractivity contribution >= 4 is 23.1 Å². The zero-order chi connectivity index (χ0) is 19.7. The molecule has 0 saturated heterocycles. The lowest BCUT2D eigenvalue weighted by Crippen LogP contribution is -2.32. The van der Waals surface area contributed by atoms with Crippen molar-refractivity contribution in [2.45, 2.75) is 52.5 Å². The van der Waals surface area contributed by atoms with Crippen LogP contribution in [0.15, 0.2) is 42.7 Å². The molecular formula is C23H27N3OS. The van der Waals surface area contributed by atoms with Crippen LogP contribution in [0, 0.1) is 13.8 Å². The van der Waals surface area contributed by atoms with Crippen LogP contribution in [0.4, 0.5) is 10.5 Å². The number of urea groups is 1. The molecule has 0 radical (unpaired) electrons. The second-order valence-electron chi connectivity index (χ2n) is 7.56. The van der Waals surface area contributed by atoms with E-state index in [0.717, 1.165) is 18.5 Å². The first kappa shape index (κ1) is 18.8. The Morgan fingerprint density at radius 3 is 2.64 bits per heavy atom. The molecule has 4 rings (SSSR count). The maximum absolute atomic E-state index is 12.8.